The van der Waals surface area contributed by atoms with Crippen LogP contribution in [0, 0.1) is 0 Å². The van der Waals surface area contributed by atoms with Crippen LogP contribution in [0.1, 0.15) is 63.9 Å². The average molecular weight is 439 g/mol. The van der Waals surface area contributed by atoms with E-state index in [1.165, 1.54) is 35.3 Å². The van der Waals surface area contributed by atoms with Gasteiger partial charge in [-0.2, -0.15) is 0 Å². The molecule has 4 rings (SSSR count). The van der Waals surface area contributed by atoms with Gasteiger partial charge in [-0.3, -0.25) is 9.36 Å². The van der Waals surface area contributed by atoms with Gasteiger partial charge in [0.1, 0.15) is 16.2 Å². The highest BCUT2D eigenvalue weighted by Crippen LogP contribution is 2.34. The van der Waals surface area contributed by atoms with Crippen molar-refractivity contribution < 1.29 is 9.53 Å². The zero-order valence-electron chi connectivity index (χ0n) is 18.8. The molecule has 0 atom stereocenters. The van der Waals surface area contributed by atoms with Gasteiger partial charge >= 0.3 is 5.97 Å². The Kier molecular flexibility index (Phi) is 6.02. The summed E-state index contributed by atoms with van der Waals surface area (Å²) >= 11 is 1.50. The van der Waals surface area contributed by atoms with Crippen LogP contribution in [-0.2, 0) is 34.3 Å². The zero-order valence-corrected chi connectivity index (χ0v) is 19.6. The summed E-state index contributed by atoms with van der Waals surface area (Å²) < 4.78 is 6.86. The lowest BCUT2D eigenvalue weighted by molar-refractivity contribution is -0.152. The van der Waals surface area contributed by atoms with Gasteiger partial charge in [-0.25, -0.2) is 9.78 Å². The van der Waals surface area contributed by atoms with Crippen molar-refractivity contribution in [3.8, 4) is 11.1 Å². The summed E-state index contributed by atoms with van der Waals surface area (Å²) in [7, 11) is 0. The SMILES string of the molecule is CCCc1nc2scc(-c3ccc4c(c3)CCCC4)c2c(=O)n1C(C)(C)C(=O)OCC. The summed E-state index contributed by atoms with van der Waals surface area (Å²) in [6.07, 6.45) is 6.13. The smallest absolute Gasteiger partial charge is 0.331 e. The number of fused-ring (bicyclic) bond motifs is 2. The van der Waals surface area contributed by atoms with E-state index in [1.54, 1.807) is 25.3 Å². The number of thiophene rings is 1. The van der Waals surface area contributed by atoms with Crippen molar-refractivity contribution in [1.82, 2.24) is 9.55 Å². The molecule has 31 heavy (non-hydrogen) atoms. The number of aromatic nitrogens is 2. The van der Waals surface area contributed by atoms with Gasteiger partial charge < -0.3 is 4.74 Å². The van der Waals surface area contributed by atoms with Crippen molar-refractivity contribution in [2.24, 2.45) is 0 Å². The van der Waals surface area contributed by atoms with Crippen LogP contribution in [0.15, 0.2) is 28.4 Å². The second-order valence-corrected chi connectivity index (χ2v) is 9.58. The van der Waals surface area contributed by atoms with Gasteiger partial charge in [-0.05, 0) is 69.6 Å². The standard InChI is InChI=1S/C25H30N2O3S/c1-5-9-20-26-22-21(23(28)27(20)25(3,4)24(29)30-6-2)19(15-31-22)18-13-12-16-10-7-8-11-17(16)14-18/h12-15H,5-11H2,1-4H3. The van der Waals surface area contributed by atoms with Crippen molar-refractivity contribution in [3.63, 3.8) is 0 Å². The molecule has 0 amide bonds. The first kappa shape index (κ1) is 21.8. The molecule has 0 aliphatic heterocycles. The van der Waals surface area contributed by atoms with E-state index in [0.29, 0.717) is 17.6 Å². The Hall–Kier alpha value is -2.47. The molecule has 6 heteroatoms. The van der Waals surface area contributed by atoms with E-state index in [2.05, 4.69) is 18.2 Å². The van der Waals surface area contributed by atoms with E-state index >= 15 is 0 Å². The molecule has 0 spiro atoms. The number of rotatable bonds is 6. The van der Waals surface area contributed by atoms with Crippen LogP contribution in [0.25, 0.3) is 21.3 Å². The third-order valence-electron chi connectivity index (χ3n) is 6.14. The summed E-state index contributed by atoms with van der Waals surface area (Å²) in [4.78, 5) is 32.2. The second kappa shape index (κ2) is 8.58. The van der Waals surface area contributed by atoms with Gasteiger partial charge in [0.15, 0.2) is 0 Å². The molecule has 0 unspecified atom stereocenters. The number of hydrogen-bond donors (Lipinski definition) is 0. The summed E-state index contributed by atoms with van der Waals surface area (Å²) in [5, 5.41) is 2.62. The van der Waals surface area contributed by atoms with Crippen molar-refractivity contribution in [3.05, 3.63) is 50.9 Å². The Morgan fingerprint density at radius 2 is 1.94 bits per heavy atom. The van der Waals surface area contributed by atoms with Crippen molar-refractivity contribution >= 4 is 27.5 Å². The van der Waals surface area contributed by atoms with Gasteiger partial charge in [0, 0.05) is 17.4 Å². The van der Waals surface area contributed by atoms with E-state index in [4.69, 9.17) is 9.72 Å². The first-order valence-corrected chi connectivity index (χ1v) is 12.1. The molecule has 2 aromatic heterocycles. The summed E-state index contributed by atoms with van der Waals surface area (Å²) in [5.74, 6) is 0.220. The highest BCUT2D eigenvalue weighted by Gasteiger charge is 2.35. The Labute approximate surface area is 187 Å². The number of carbonyl (C=O) groups excluding carboxylic acids is 1. The summed E-state index contributed by atoms with van der Waals surface area (Å²) in [5.41, 5.74) is 3.45. The van der Waals surface area contributed by atoms with Gasteiger partial charge in [-0.15, -0.1) is 11.3 Å². The van der Waals surface area contributed by atoms with E-state index in [1.807, 2.05) is 12.3 Å². The highest BCUT2D eigenvalue weighted by molar-refractivity contribution is 7.17. The Morgan fingerprint density at radius 1 is 1.19 bits per heavy atom. The molecular formula is C25H30N2O3S. The van der Waals surface area contributed by atoms with E-state index in [9.17, 15) is 9.59 Å². The van der Waals surface area contributed by atoms with Crippen LogP contribution < -0.4 is 5.56 Å². The molecule has 1 aliphatic carbocycles. The fourth-order valence-corrected chi connectivity index (χ4v) is 5.47. The molecule has 0 N–H and O–H groups in total. The molecule has 2 heterocycles. The minimum atomic E-state index is -1.13. The Balaban J connectivity index is 1.93. The number of benzene rings is 1. The van der Waals surface area contributed by atoms with Crippen molar-refractivity contribution in [2.45, 2.75) is 71.8 Å². The van der Waals surface area contributed by atoms with Crippen molar-refractivity contribution in [1.29, 1.82) is 0 Å². The fraction of sp³-hybridized carbons (Fsp3) is 0.480. The maximum absolute atomic E-state index is 13.8. The van der Waals surface area contributed by atoms with E-state index < -0.39 is 11.5 Å². The number of carbonyl (C=O) groups is 1. The number of hydrogen-bond acceptors (Lipinski definition) is 5. The summed E-state index contributed by atoms with van der Waals surface area (Å²) in [6.45, 7) is 7.58. The van der Waals surface area contributed by atoms with Crippen LogP contribution in [0.4, 0.5) is 0 Å². The monoisotopic (exact) mass is 438 g/mol. The molecule has 164 valence electrons. The summed E-state index contributed by atoms with van der Waals surface area (Å²) in [6, 6.07) is 6.55. The third-order valence-corrected chi connectivity index (χ3v) is 7.02. The third kappa shape index (κ3) is 3.82. The van der Waals surface area contributed by atoms with Gasteiger partial charge in [0.2, 0.25) is 0 Å². The molecule has 5 nitrogen and oxygen atoms in total. The Bertz CT molecular complexity index is 1190. The van der Waals surface area contributed by atoms with E-state index in [0.717, 1.165) is 35.2 Å². The van der Waals surface area contributed by atoms with Gasteiger partial charge in [0.05, 0.1) is 12.0 Å². The minimum absolute atomic E-state index is 0.166. The molecule has 0 saturated heterocycles. The van der Waals surface area contributed by atoms with Crippen LogP contribution in [0.2, 0.25) is 0 Å². The first-order chi connectivity index (χ1) is 14.9. The largest absolute Gasteiger partial charge is 0.464 e. The maximum atomic E-state index is 13.8. The number of ether oxygens (including phenoxy) is 1. The second-order valence-electron chi connectivity index (χ2n) is 8.72. The molecule has 1 aromatic carbocycles. The average Bonchev–Trinajstić information content (AvgIpc) is 3.18. The molecule has 0 fully saturated rings. The van der Waals surface area contributed by atoms with Gasteiger partial charge in [-0.1, -0.05) is 25.1 Å². The van der Waals surface area contributed by atoms with Crippen LogP contribution >= 0.6 is 11.3 Å². The molecule has 3 aromatic rings. The maximum Gasteiger partial charge on any atom is 0.331 e. The molecule has 0 saturated carbocycles. The fourth-order valence-electron chi connectivity index (χ4n) is 4.51. The number of esters is 1. The van der Waals surface area contributed by atoms with Gasteiger partial charge in [0.25, 0.3) is 5.56 Å². The lowest BCUT2D eigenvalue weighted by atomic mass is 9.89. The number of nitrogens with zero attached hydrogens (tertiary/aromatic N) is 2. The predicted molar refractivity (Wildman–Crippen MR) is 126 cm³/mol. The zero-order chi connectivity index (χ0) is 22.2. The molecule has 1 aliphatic rings. The van der Waals surface area contributed by atoms with Crippen molar-refractivity contribution in [2.75, 3.05) is 6.61 Å². The lowest BCUT2D eigenvalue weighted by Crippen LogP contribution is -2.45. The van der Waals surface area contributed by atoms with E-state index in [-0.39, 0.29) is 12.2 Å². The predicted octanol–water partition coefficient (Wildman–Crippen LogP) is 5.25. The van der Waals surface area contributed by atoms with Crippen LogP contribution in [0.5, 0.6) is 0 Å². The normalized spacial score (nSPS) is 13.9. The molecular weight excluding hydrogens is 408 g/mol. The Morgan fingerprint density at radius 3 is 2.65 bits per heavy atom. The van der Waals surface area contributed by atoms with Crippen LogP contribution in [-0.4, -0.2) is 22.1 Å². The first-order valence-electron chi connectivity index (χ1n) is 11.2. The lowest BCUT2D eigenvalue weighted by Gasteiger charge is -2.27. The molecule has 0 bridgehead atoms. The number of aryl methyl sites for hydroxylation is 3. The minimum Gasteiger partial charge on any atom is -0.464 e. The topological polar surface area (TPSA) is 61.2 Å². The quantitative estimate of drug-likeness (QED) is 0.493. The molecule has 0 radical (unpaired) electrons. The van der Waals surface area contributed by atoms with Crippen LogP contribution in [0.3, 0.4) is 0 Å². The highest BCUT2D eigenvalue weighted by atomic mass is 32.1.